The molecule has 78 valence electrons. The predicted molar refractivity (Wildman–Crippen MR) is 55.4 cm³/mol. The number of hydrogen-bond donors (Lipinski definition) is 1. The van der Waals surface area contributed by atoms with Crippen LogP contribution in [0.25, 0.3) is 0 Å². The average Bonchev–Trinajstić information content (AvgIpc) is 2.76. The van der Waals surface area contributed by atoms with Crippen molar-refractivity contribution in [2.24, 2.45) is 0 Å². The number of halogens is 1. The third kappa shape index (κ3) is 2.34. The Morgan fingerprint density at radius 2 is 2.40 bits per heavy atom. The number of nitrogens with zero attached hydrogens (tertiary/aromatic N) is 3. The summed E-state index contributed by atoms with van der Waals surface area (Å²) in [6.45, 7) is 0.484. The van der Waals surface area contributed by atoms with Crippen LogP contribution in [0.5, 0.6) is 0 Å². The van der Waals surface area contributed by atoms with Gasteiger partial charge in [0.15, 0.2) is 5.69 Å². The molecule has 0 unspecified atom stereocenters. The molecule has 0 aliphatic rings. The SMILES string of the molecule is O=C(O)c1cn(Cc2ccc(Cl)s2)nn1. The Kier molecular flexibility index (Phi) is 2.70. The minimum atomic E-state index is -1.08. The maximum absolute atomic E-state index is 10.5. The van der Waals surface area contributed by atoms with Crippen molar-refractivity contribution in [2.75, 3.05) is 0 Å². The molecule has 0 amide bonds. The molecule has 5 nitrogen and oxygen atoms in total. The highest BCUT2D eigenvalue weighted by molar-refractivity contribution is 7.16. The van der Waals surface area contributed by atoms with E-state index in [2.05, 4.69) is 10.3 Å². The lowest BCUT2D eigenvalue weighted by molar-refractivity contribution is 0.0690. The number of aromatic carboxylic acids is 1. The summed E-state index contributed by atoms with van der Waals surface area (Å²) in [7, 11) is 0. The van der Waals surface area contributed by atoms with Crippen LogP contribution in [-0.4, -0.2) is 26.1 Å². The van der Waals surface area contributed by atoms with Gasteiger partial charge in [0, 0.05) is 4.88 Å². The van der Waals surface area contributed by atoms with Crippen LogP contribution in [-0.2, 0) is 6.54 Å². The highest BCUT2D eigenvalue weighted by Crippen LogP contribution is 2.21. The van der Waals surface area contributed by atoms with E-state index in [1.54, 1.807) is 6.07 Å². The molecule has 2 aromatic rings. The quantitative estimate of drug-likeness (QED) is 0.892. The fraction of sp³-hybridized carbons (Fsp3) is 0.125. The topological polar surface area (TPSA) is 68.0 Å². The van der Waals surface area contributed by atoms with Gasteiger partial charge in [0.2, 0.25) is 0 Å². The standard InChI is InChI=1S/C8H6ClN3O2S/c9-7-2-1-5(15-7)3-12-4-6(8(13)14)10-11-12/h1-2,4H,3H2,(H,13,14). The van der Waals surface area contributed by atoms with E-state index >= 15 is 0 Å². The molecule has 15 heavy (non-hydrogen) atoms. The van der Waals surface area contributed by atoms with Gasteiger partial charge in [0.25, 0.3) is 0 Å². The fourth-order valence-corrected chi connectivity index (χ4v) is 2.15. The van der Waals surface area contributed by atoms with Gasteiger partial charge >= 0.3 is 5.97 Å². The van der Waals surface area contributed by atoms with Crippen molar-refractivity contribution in [3.8, 4) is 0 Å². The van der Waals surface area contributed by atoms with Crippen LogP contribution in [0.3, 0.4) is 0 Å². The molecule has 0 saturated heterocycles. The van der Waals surface area contributed by atoms with Gasteiger partial charge in [-0.2, -0.15) is 0 Å². The second-order valence-electron chi connectivity index (χ2n) is 2.81. The van der Waals surface area contributed by atoms with E-state index < -0.39 is 5.97 Å². The molecule has 2 aromatic heterocycles. The highest BCUT2D eigenvalue weighted by atomic mass is 35.5. The Bertz CT molecular complexity index is 494. The molecule has 0 aliphatic carbocycles. The predicted octanol–water partition coefficient (Wildman–Crippen LogP) is 1.74. The molecular weight excluding hydrogens is 238 g/mol. The summed E-state index contributed by atoms with van der Waals surface area (Å²) in [5.74, 6) is -1.08. The maximum atomic E-state index is 10.5. The van der Waals surface area contributed by atoms with E-state index in [4.69, 9.17) is 16.7 Å². The lowest BCUT2D eigenvalue weighted by atomic mass is 10.4. The van der Waals surface area contributed by atoms with Crippen LogP contribution in [0.4, 0.5) is 0 Å². The Morgan fingerprint density at radius 1 is 1.60 bits per heavy atom. The fourth-order valence-electron chi connectivity index (χ4n) is 1.07. The van der Waals surface area contributed by atoms with Crippen LogP contribution in [0.1, 0.15) is 15.4 Å². The summed E-state index contributed by atoms with van der Waals surface area (Å²) in [6.07, 6.45) is 1.38. The molecule has 1 N–H and O–H groups in total. The van der Waals surface area contributed by atoms with Crippen molar-refractivity contribution >= 4 is 28.9 Å². The molecule has 0 aromatic carbocycles. The highest BCUT2D eigenvalue weighted by Gasteiger charge is 2.08. The Labute approximate surface area is 93.9 Å². The number of carboxylic acids is 1. The second-order valence-corrected chi connectivity index (χ2v) is 4.61. The summed E-state index contributed by atoms with van der Waals surface area (Å²) >= 11 is 7.19. The van der Waals surface area contributed by atoms with Crippen LogP contribution >= 0.6 is 22.9 Å². The van der Waals surface area contributed by atoms with E-state index in [1.807, 2.05) is 6.07 Å². The molecule has 2 heterocycles. The Balaban J connectivity index is 2.14. The number of carboxylic acid groups (broad SMARTS) is 1. The van der Waals surface area contributed by atoms with Gasteiger partial charge in [-0.3, -0.25) is 0 Å². The van der Waals surface area contributed by atoms with Crippen LogP contribution in [0, 0.1) is 0 Å². The summed E-state index contributed by atoms with van der Waals surface area (Å²) in [6, 6.07) is 3.66. The summed E-state index contributed by atoms with van der Waals surface area (Å²) in [5, 5.41) is 15.8. The number of carbonyl (C=O) groups is 1. The molecule has 0 spiro atoms. The molecule has 0 atom stereocenters. The normalized spacial score (nSPS) is 10.5. The Hall–Kier alpha value is -1.40. The van der Waals surface area contributed by atoms with Gasteiger partial charge in [-0.15, -0.1) is 16.4 Å². The van der Waals surface area contributed by atoms with E-state index in [9.17, 15) is 4.79 Å². The second kappa shape index (κ2) is 4.00. The van der Waals surface area contributed by atoms with E-state index in [0.29, 0.717) is 10.9 Å². The zero-order chi connectivity index (χ0) is 10.8. The molecule has 0 bridgehead atoms. The molecule has 0 aliphatic heterocycles. The van der Waals surface area contributed by atoms with Gasteiger partial charge in [0.05, 0.1) is 17.1 Å². The molecule has 0 fully saturated rings. The van der Waals surface area contributed by atoms with Crippen molar-refractivity contribution in [1.29, 1.82) is 0 Å². The van der Waals surface area contributed by atoms with Crippen molar-refractivity contribution < 1.29 is 9.90 Å². The first-order valence-corrected chi connectivity index (χ1v) is 5.22. The third-order valence-electron chi connectivity index (χ3n) is 1.70. The van der Waals surface area contributed by atoms with E-state index in [0.717, 1.165) is 4.88 Å². The molecular formula is C8H6ClN3O2S. The minimum absolute atomic E-state index is 0.0577. The van der Waals surface area contributed by atoms with Gasteiger partial charge in [-0.05, 0) is 12.1 Å². The summed E-state index contributed by atoms with van der Waals surface area (Å²) < 4.78 is 2.16. The van der Waals surface area contributed by atoms with Crippen molar-refractivity contribution in [3.05, 3.63) is 33.2 Å². The van der Waals surface area contributed by atoms with Crippen molar-refractivity contribution in [3.63, 3.8) is 0 Å². The monoisotopic (exact) mass is 243 g/mol. The maximum Gasteiger partial charge on any atom is 0.358 e. The number of hydrogen-bond acceptors (Lipinski definition) is 4. The lowest BCUT2D eigenvalue weighted by Crippen LogP contribution is -1.98. The van der Waals surface area contributed by atoms with Gasteiger partial charge < -0.3 is 5.11 Å². The Morgan fingerprint density at radius 3 is 2.93 bits per heavy atom. The first-order chi connectivity index (χ1) is 7.15. The van der Waals surface area contributed by atoms with E-state index in [1.165, 1.54) is 22.2 Å². The van der Waals surface area contributed by atoms with Crippen LogP contribution in [0.2, 0.25) is 4.34 Å². The molecule has 0 radical (unpaired) electrons. The summed E-state index contributed by atoms with van der Waals surface area (Å²) in [5.41, 5.74) is -0.0577. The zero-order valence-corrected chi connectivity index (χ0v) is 8.99. The smallest absolute Gasteiger partial charge is 0.358 e. The van der Waals surface area contributed by atoms with E-state index in [-0.39, 0.29) is 5.69 Å². The first-order valence-electron chi connectivity index (χ1n) is 4.03. The molecule has 0 saturated carbocycles. The summed E-state index contributed by atoms with van der Waals surface area (Å²) in [4.78, 5) is 11.5. The largest absolute Gasteiger partial charge is 0.476 e. The number of thiophene rings is 1. The number of rotatable bonds is 3. The minimum Gasteiger partial charge on any atom is -0.476 e. The molecule has 2 rings (SSSR count). The van der Waals surface area contributed by atoms with Crippen LogP contribution < -0.4 is 0 Å². The van der Waals surface area contributed by atoms with Gasteiger partial charge in [-0.1, -0.05) is 16.8 Å². The van der Waals surface area contributed by atoms with Gasteiger partial charge in [-0.25, -0.2) is 9.48 Å². The lowest BCUT2D eigenvalue weighted by Gasteiger charge is -1.94. The zero-order valence-electron chi connectivity index (χ0n) is 7.42. The first kappa shape index (κ1) is 10.1. The average molecular weight is 244 g/mol. The number of aromatic nitrogens is 3. The van der Waals surface area contributed by atoms with Crippen LogP contribution in [0.15, 0.2) is 18.3 Å². The molecule has 7 heteroatoms. The van der Waals surface area contributed by atoms with Crippen molar-refractivity contribution in [1.82, 2.24) is 15.0 Å². The third-order valence-corrected chi connectivity index (χ3v) is 2.92. The van der Waals surface area contributed by atoms with Crippen molar-refractivity contribution in [2.45, 2.75) is 6.54 Å². The van der Waals surface area contributed by atoms with Gasteiger partial charge in [0.1, 0.15) is 0 Å².